The number of carboxylic acids is 1. The lowest BCUT2D eigenvalue weighted by Gasteiger charge is -2.15. The van der Waals surface area contributed by atoms with Crippen molar-refractivity contribution in [3.63, 3.8) is 0 Å². The molecule has 0 aliphatic heterocycles. The number of carboxylic acid groups (broad SMARTS) is 1. The first-order chi connectivity index (χ1) is 7.66. The molecule has 0 amide bonds. The number of aliphatic carboxylic acids is 1. The van der Waals surface area contributed by atoms with E-state index in [1.807, 2.05) is 0 Å². The van der Waals surface area contributed by atoms with Gasteiger partial charge in [-0.1, -0.05) is 19.3 Å². The number of nitrogens with zero attached hydrogens (tertiary/aromatic N) is 1. The molecule has 0 spiro atoms. The molecule has 0 saturated carbocycles. The number of hydrogen-bond donors (Lipinski definition) is 2. The van der Waals surface area contributed by atoms with E-state index in [2.05, 4.69) is 11.9 Å². The van der Waals surface area contributed by atoms with Crippen molar-refractivity contribution in [2.24, 2.45) is 0 Å². The summed E-state index contributed by atoms with van der Waals surface area (Å²) in [7, 11) is 2.07. The van der Waals surface area contributed by atoms with E-state index in [9.17, 15) is 4.79 Å². The van der Waals surface area contributed by atoms with Gasteiger partial charge in [0.2, 0.25) is 0 Å². The lowest BCUT2D eigenvalue weighted by Crippen LogP contribution is -2.21. The third-order valence-electron chi connectivity index (χ3n) is 2.63. The summed E-state index contributed by atoms with van der Waals surface area (Å²) in [6.07, 6.45) is 6.42. The van der Waals surface area contributed by atoms with Crippen LogP contribution in [0.3, 0.4) is 0 Å². The van der Waals surface area contributed by atoms with Crippen LogP contribution in [0.25, 0.3) is 0 Å². The van der Waals surface area contributed by atoms with Crippen molar-refractivity contribution in [2.45, 2.75) is 44.9 Å². The number of aliphatic hydroxyl groups is 1. The van der Waals surface area contributed by atoms with Gasteiger partial charge in [-0.15, -0.1) is 0 Å². The molecule has 0 aromatic heterocycles. The molecule has 0 saturated heterocycles. The third kappa shape index (κ3) is 11.5. The van der Waals surface area contributed by atoms with Crippen LogP contribution in [0, 0.1) is 0 Å². The van der Waals surface area contributed by atoms with Gasteiger partial charge in [0.15, 0.2) is 0 Å². The highest BCUT2D eigenvalue weighted by Gasteiger charge is 1.99. The number of carbonyl (C=O) groups is 1. The fourth-order valence-electron chi connectivity index (χ4n) is 1.64. The van der Waals surface area contributed by atoms with E-state index in [1.54, 1.807) is 0 Å². The van der Waals surface area contributed by atoms with Crippen molar-refractivity contribution in [3.8, 4) is 0 Å². The molecule has 0 fully saturated rings. The Labute approximate surface area is 98.3 Å². The van der Waals surface area contributed by atoms with Gasteiger partial charge >= 0.3 is 5.97 Å². The first kappa shape index (κ1) is 15.4. The van der Waals surface area contributed by atoms with Crippen LogP contribution in [0.1, 0.15) is 44.9 Å². The van der Waals surface area contributed by atoms with E-state index in [0.29, 0.717) is 6.42 Å². The molecular weight excluding hydrogens is 206 g/mol. The Kier molecular flexibility index (Phi) is 10.5. The fraction of sp³-hybridized carbons (Fsp3) is 0.917. The second-order valence-electron chi connectivity index (χ2n) is 4.29. The molecule has 0 radical (unpaired) electrons. The average Bonchev–Trinajstić information content (AvgIpc) is 2.24. The van der Waals surface area contributed by atoms with E-state index >= 15 is 0 Å². The van der Waals surface area contributed by atoms with Gasteiger partial charge in [-0.2, -0.15) is 0 Å². The average molecular weight is 231 g/mol. The summed E-state index contributed by atoms with van der Waals surface area (Å²) in [5.41, 5.74) is 0. The predicted octanol–water partition coefficient (Wildman–Crippen LogP) is 1.73. The lowest BCUT2D eigenvalue weighted by molar-refractivity contribution is -0.137. The van der Waals surface area contributed by atoms with Crippen molar-refractivity contribution < 1.29 is 15.0 Å². The molecule has 2 N–H and O–H groups in total. The zero-order valence-electron chi connectivity index (χ0n) is 10.3. The smallest absolute Gasteiger partial charge is 0.303 e. The Morgan fingerprint density at radius 3 is 2.19 bits per heavy atom. The number of aliphatic hydroxyl groups excluding tert-OH is 1. The van der Waals surface area contributed by atoms with E-state index in [-0.39, 0.29) is 6.61 Å². The molecule has 0 aromatic carbocycles. The Balaban J connectivity index is 3.11. The summed E-state index contributed by atoms with van der Waals surface area (Å²) in [6, 6.07) is 0. The molecule has 0 atom stereocenters. The molecular formula is C12H25NO3. The van der Waals surface area contributed by atoms with Gasteiger partial charge in [0.1, 0.15) is 0 Å². The molecule has 4 heteroatoms. The van der Waals surface area contributed by atoms with Gasteiger partial charge in [-0.05, 0) is 32.9 Å². The van der Waals surface area contributed by atoms with E-state index < -0.39 is 5.97 Å². The Morgan fingerprint density at radius 2 is 1.56 bits per heavy atom. The topological polar surface area (TPSA) is 60.8 Å². The number of unbranched alkanes of at least 4 members (excludes halogenated alkanes) is 4. The molecule has 0 aliphatic rings. The molecule has 0 aliphatic carbocycles. The van der Waals surface area contributed by atoms with Crippen LogP contribution >= 0.6 is 0 Å². The van der Waals surface area contributed by atoms with Gasteiger partial charge in [0.25, 0.3) is 0 Å². The van der Waals surface area contributed by atoms with Crippen LogP contribution in [0.15, 0.2) is 0 Å². The van der Waals surface area contributed by atoms with Gasteiger partial charge in [0.05, 0.1) is 0 Å². The van der Waals surface area contributed by atoms with Gasteiger partial charge < -0.3 is 15.1 Å². The largest absolute Gasteiger partial charge is 0.481 e. The molecule has 0 unspecified atom stereocenters. The van der Waals surface area contributed by atoms with E-state index in [1.165, 1.54) is 6.42 Å². The first-order valence-electron chi connectivity index (χ1n) is 6.18. The van der Waals surface area contributed by atoms with Crippen molar-refractivity contribution >= 4 is 5.97 Å². The Morgan fingerprint density at radius 1 is 1.00 bits per heavy atom. The first-order valence-corrected chi connectivity index (χ1v) is 6.18. The third-order valence-corrected chi connectivity index (χ3v) is 2.63. The van der Waals surface area contributed by atoms with Gasteiger partial charge in [-0.3, -0.25) is 4.79 Å². The summed E-state index contributed by atoms with van der Waals surface area (Å²) < 4.78 is 0. The van der Waals surface area contributed by atoms with Crippen LogP contribution in [-0.4, -0.2) is 47.8 Å². The summed E-state index contributed by atoms with van der Waals surface area (Å²) in [6.45, 7) is 2.29. The predicted molar refractivity (Wildman–Crippen MR) is 64.5 cm³/mol. The lowest BCUT2D eigenvalue weighted by atomic mass is 10.1. The highest BCUT2D eigenvalue weighted by molar-refractivity contribution is 5.66. The SMILES string of the molecule is CN(CCCO)CCCCCCCC(=O)O. The number of rotatable bonds is 11. The second kappa shape index (κ2) is 10.9. The molecule has 0 rings (SSSR count). The minimum atomic E-state index is -0.691. The van der Waals surface area contributed by atoms with E-state index in [4.69, 9.17) is 10.2 Å². The monoisotopic (exact) mass is 231 g/mol. The highest BCUT2D eigenvalue weighted by atomic mass is 16.4. The molecule has 16 heavy (non-hydrogen) atoms. The van der Waals surface area contributed by atoms with Crippen molar-refractivity contribution in [2.75, 3.05) is 26.7 Å². The van der Waals surface area contributed by atoms with Crippen LogP contribution in [-0.2, 0) is 4.79 Å². The number of hydrogen-bond acceptors (Lipinski definition) is 3. The fourth-order valence-corrected chi connectivity index (χ4v) is 1.64. The molecule has 0 bridgehead atoms. The quantitative estimate of drug-likeness (QED) is 0.532. The maximum absolute atomic E-state index is 10.3. The molecule has 0 aromatic rings. The standard InChI is InChI=1S/C12H25NO3/c1-13(10-7-11-14)9-6-4-2-3-5-8-12(15)16/h14H,2-11H2,1H3,(H,15,16). The van der Waals surface area contributed by atoms with Crippen molar-refractivity contribution in [1.82, 2.24) is 4.90 Å². The van der Waals surface area contributed by atoms with Gasteiger partial charge in [-0.25, -0.2) is 0 Å². The maximum atomic E-state index is 10.3. The molecule has 96 valence electrons. The summed E-state index contributed by atoms with van der Waals surface area (Å²) in [4.78, 5) is 12.5. The Hall–Kier alpha value is -0.610. The zero-order chi connectivity index (χ0) is 12.2. The zero-order valence-corrected chi connectivity index (χ0v) is 10.3. The maximum Gasteiger partial charge on any atom is 0.303 e. The highest BCUT2D eigenvalue weighted by Crippen LogP contribution is 2.06. The van der Waals surface area contributed by atoms with Crippen LogP contribution in [0.4, 0.5) is 0 Å². The van der Waals surface area contributed by atoms with Crippen LogP contribution in [0.2, 0.25) is 0 Å². The van der Waals surface area contributed by atoms with Gasteiger partial charge in [0, 0.05) is 19.6 Å². The molecule has 0 heterocycles. The summed E-state index contributed by atoms with van der Waals surface area (Å²) >= 11 is 0. The van der Waals surface area contributed by atoms with E-state index in [0.717, 1.165) is 45.2 Å². The minimum absolute atomic E-state index is 0.263. The summed E-state index contributed by atoms with van der Waals surface area (Å²) in [5.74, 6) is -0.691. The normalized spacial score (nSPS) is 10.9. The van der Waals surface area contributed by atoms with Crippen molar-refractivity contribution in [1.29, 1.82) is 0 Å². The van der Waals surface area contributed by atoms with Crippen molar-refractivity contribution in [3.05, 3.63) is 0 Å². The van der Waals surface area contributed by atoms with Crippen LogP contribution < -0.4 is 0 Å². The minimum Gasteiger partial charge on any atom is -0.481 e. The second-order valence-corrected chi connectivity index (χ2v) is 4.29. The Bertz CT molecular complexity index is 174. The summed E-state index contributed by atoms with van der Waals surface area (Å²) in [5, 5.41) is 17.1. The molecule has 4 nitrogen and oxygen atoms in total. The van der Waals surface area contributed by atoms with Crippen LogP contribution in [0.5, 0.6) is 0 Å².